The van der Waals surface area contributed by atoms with Gasteiger partial charge in [-0.15, -0.1) is 0 Å². The number of carbonyl (C=O) groups is 1. The number of sulfonamides is 1. The van der Waals surface area contributed by atoms with Gasteiger partial charge >= 0.3 is 0 Å². The highest BCUT2D eigenvalue weighted by Crippen LogP contribution is 2.21. The molecule has 2 aliphatic heterocycles. The van der Waals surface area contributed by atoms with E-state index >= 15 is 0 Å². The first-order valence-electron chi connectivity index (χ1n) is 9.72. The largest absolute Gasteiger partial charge is 0.354 e. The van der Waals surface area contributed by atoms with Crippen LogP contribution in [-0.2, 0) is 21.2 Å². The molecular formula is C19H30N4O3S. The zero-order valence-corrected chi connectivity index (χ0v) is 16.7. The van der Waals surface area contributed by atoms with E-state index < -0.39 is 10.0 Å². The third kappa shape index (κ3) is 5.28. The molecule has 2 atom stereocenters. The molecule has 0 radical (unpaired) electrons. The second kappa shape index (κ2) is 8.68. The molecule has 2 unspecified atom stereocenters. The van der Waals surface area contributed by atoms with Crippen LogP contribution in [0.2, 0.25) is 0 Å². The quantitative estimate of drug-likeness (QED) is 0.704. The SMILES string of the molecule is CC(C(=O)NCCc1ccc(S(N)(=O)=O)cc1)N1CCC(N2CCCC2)C1. The Bertz CT molecular complexity index is 745. The maximum absolute atomic E-state index is 12.5. The van der Waals surface area contributed by atoms with Gasteiger partial charge in [0.05, 0.1) is 10.9 Å². The fraction of sp³-hybridized carbons (Fsp3) is 0.632. The number of nitrogens with one attached hydrogen (secondary N) is 1. The third-order valence-corrected chi connectivity index (χ3v) is 6.67. The molecule has 1 amide bonds. The summed E-state index contributed by atoms with van der Waals surface area (Å²) < 4.78 is 22.5. The second-order valence-corrected chi connectivity index (χ2v) is 9.15. The number of nitrogens with zero attached hydrogens (tertiary/aromatic N) is 2. The fourth-order valence-electron chi connectivity index (χ4n) is 4.01. The van der Waals surface area contributed by atoms with Gasteiger partial charge in [0.1, 0.15) is 0 Å². The topological polar surface area (TPSA) is 95.7 Å². The van der Waals surface area contributed by atoms with E-state index in [4.69, 9.17) is 5.14 Å². The monoisotopic (exact) mass is 394 g/mol. The molecule has 3 N–H and O–H groups in total. The molecule has 150 valence electrons. The lowest BCUT2D eigenvalue weighted by Crippen LogP contribution is -2.46. The van der Waals surface area contributed by atoms with Crippen LogP contribution in [0.5, 0.6) is 0 Å². The van der Waals surface area contributed by atoms with Crippen LogP contribution in [0.15, 0.2) is 29.2 Å². The molecule has 2 saturated heterocycles. The molecule has 2 fully saturated rings. The molecule has 8 heteroatoms. The minimum atomic E-state index is -3.66. The normalized spacial score (nSPS) is 22.8. The van der Waals surface area contributed by atoms with Crippen molar-refractivity contribution in [2.75, 3.05) is 32.7 Å². The number of rotatable bonds is 7. The second-order valence-electron chi connectivity index (χ2n) is 7.59. The van der Waals surface area contributed by atoms with Gasteiger partial charge in [0, 0.05) is 25.7 Å². The van der Waals surface area contributed by atoms with Crippen molar-refractivity contribution in [2.24, 2.45) is 5.14 Å². The standard InChI is InChI=1S/C19H30N4O3S/c1-15(23-13-9-17(14-23)22-11-2-3-12-22)19(24)21-10-8-16-4-6-18(7-5-16)27(20,25)26/h4-7,15,17H,2-3,8-14H2,1H3,(H,21,24)(H2,20,25,26). The van der Waals surface area contributed by atoms with Crippen molar-refractivity contribution in [1.82, 2.24) is 15.1 Å². The minimum Gasteiger partial charge on any atom is -0.354 e. The van der Waals surface area contributed by atoms with Gasteiger partial charge in [-0.05, 0) is 63.4 Å². The highest BCUT2D eigenvalue weighted by molar-refractivity contribution is 7.89. The summed E-state index contributed by atoms with van der Waals surface area (Å²) in [6, 6.07) is 6.94. The number of hydrogen-bond acceptors (Lipinski definition) is 5. The van der Waals surface area contributed by atoms with Crippen LogP contribution in [0.3, 0.4) is 0 Å². The third-order valence-electron chi connectivity index (χ3n) is 5.74. The van der Waals surface area contributed by atoms with Gasteiger partial charge in [-0.2, -0.15) is 0 Å². The summed E-state index contributed by atoms with van der Waals surface area (Å²) in [4.78, 5) is 17.4. The molecule has 1 aromatic carbocycles. The zero-order valence-electron chi connectivity index (χ0n) is 15.9. The molecule has 7 nitrogen and oxygen atoms in total. The lowest BCUT2D eigenvalue weighted by Gasteiger charge is -2.26. The minimum absolute atomic E-state index is 0.0539. The van der Waals surface area contributed by atoms with Crippen molar-refractivity contribution >= 4 is 15.9 Å². The molecule has 1 aromatic rings. The van der Waals surface area contributed by atoms with E-state index in [1.54, 1.807) is 12.1 Å². The number of benzene rings is 1. The lowest BCUT2D eigenvalue weighted by molar-refractivity contribution is -0.125. The molecule has 2 heterocycles. The van der Waals surface area contributed by atoms with Crippen LogP contribution >= 0.6 is 0 Å². The van der Waals surface area contributed by atoms with Crippen molar-refractivity contribution < 1.29 is 13.2 Å². The summed E-state index contributed by atoms with van der Waals surface area (Å²) in [5.41, 5.74) is 0.964. The average Bonchev–Trinajstić information content (AvgIpc) is 3.32. The fourth-order valence-corrected chi connectivity index (χ4v) is 4.53. The number of hydrogen-bond donors (Lipinski definition) is 2. The Morgan fingerprint density at radius 1 is 1.22 bits per heavy atom. The summed E-state index contributed by atoms with van der Waals surface area (Å²) in [7, 11) is -3.66. The molecule has 3 rings (SSSR count). The van der Waals surface area contributed by atoms with Crippen LogP contribution in [-0.4, -0.2) is 68.9 Å². The maximum atomic E-state index is 12.5. The summed E-state index contributed by atoms with van der Waals surface area (Å²) in [5.74, 6) is 0.0539. The number of amides is 1. The Hall–Kier alpha value is -1.48. The van der Waals surface area contributed by atoms with Crippen LogP contribution in [0.4, 0.5) is 0 Å². The molecule has 0 bridgehead atoms. The molecule has 0 aliphatic carbocycles. The smallest absolute Gasteiger partial charge is 0.238 e. The zero-order chi connectivity index (χ0) is 19.4. The Balaban J connectivity index is 1.42. The number of primary sulfonamides is 1. The molecule has 2 aliphatic rings. The predicted octanol–water partition coefficient (Wildman–Crippen LogP) is 0.551. The summed E-state index contributed by atoms with van der Waals surface area (Å²) in [5, 5.41) is 8.10. The van der Waals surface area contributed by atoms with Crippen molar-refractivity contribution in [3.05, 3.63) is 29.8 Å². The average molecular weight is 395 g/mol. The van der Waals surface area contributed by atoms with Crippen molar-refractivity contribution in [1.29, 1.82) is 0 Å². The summed E-state index contributed by atoms with van der Waals surface area (Å²) in [6.07, 6.45) is 4.39. The van der Waals surface area contributed by atoms with Gasteiger partial charge < -0.3 is 5.32 Å². The van der Waals surface area contributed by atoms with Gasteiger partial charge in [0.15, 0.2) is 0 Å². The molecule has 0 aromatic heterocycles. The van der Waals surface area contributed by atoms with E-state index in [9.17, 15) is 13.2 Å². The molecule has 27 heavy (non-hydrogen) atoms. The Morgan fingerprint density at radius 2 is 1.89 bits per heavy atom. The summed E-state index contributed by atoms with van der Waals surface area (Å²) >= 11 is 0. The van der Waals surface area contributed by atoms with Crippen LogP contribution in [0.1, 0.15) is 31.7 Å². The predicted molar refractivity (Wildman–Crippen MR) is 105 cm³/mol. The van der Waals surface area contributed by atoms with E-state index in [0.29, 0.717) is 19.0 Å². The van der Waals surface area contributed by atoms with E-state index in [1.807, 2.05) is 6.92 Å². The Labute approximate surface area is 161 Å². The number of nitrogens with two attached hydrogens (primary N) is 1. The maximum Gasteiger partial charge on any atom is 0.238 e. The molecular weight excluding hydrogens is 364 g/mol. The molecule has 0 saturated carbocycles. The van der Waals surface area contributed by atoms with Crippen LogP contribution in [0.25, 0.3) is 0 Å². The van der Waals surface area contributed by atoms with Gasteiger partial charge in [-0.1, -0.05) is 12.1 Å². The Kier molecular flexibility index (Phi) is 6.52. The highest BCUT2D eigenvalue weighted by atomic mass is 32.2. The van der Waals surface area contributed by atoms with Crippen molar-refractivity contribution in [2.45, 2.75) is 49.6 Å². The Morgan fingerprint density at radius 3 is 2.52 bits per heavy atom. The van der Waals surface area contributed by atoms with E-state index in [1.165, 1.54) is 38.1 Å². The van der Waals surface area contributed by atoms with Crippen LogP contribution in [0, 0.1) is 0 Å². The molecule has 0 spiro atoms. The number of likely N-dealkylation sites (tertiary alicyclic amines) is 2. The van der Waals surface area contributed by atoms with E-state index in [-0.39, 0.29) is 16.8 Å². The first-order chi connectivity index (χ1) is 12.8. The summed E-state index contributed by atoms with van der Waals surface area (Å²) in [6.45, 7) is 6.85. The van der Waals surface area contributed by atoms with Gasteiger partial charge in [-0.25, -0.2) is 13.6 Å². The van der Waals surface area contributed by atoms with Crippen molar-refractivity contribution in [3.63, 3.8) is 0 Å². The van der Waals surface area contributed by atoms with Crippen molar-refractivity contribution in [3.8, 4) is 0 Å². The van der Waals surface area contributed by atoms with Gasteiger partial charge in [-0.3, -0.25) is 14.6 Å². The lowest BCUT2D eigenvalue weighted by atomic mass is 10.1. The van der Waals surface area contributed by atoms with Crippen LogP contribution < -0.4 is 10.5 Å². The first-order valence-corrected chi connectivity index (χ1v) is 11.3. The van der Waals surface area contributed by atoms with Gasteiger partial charge in [0.25, 0.3) is 0 Å². The first kappa shape index (κ1) is 20.3. The van der Waals surface area contributed by atoms with E-state index in [0.717, 1.165) is 25.1 Å². The van der Waals surface area contributed by atoms with E-state index in [2.05, 4.69) is 15.1 Å². The number of carbonyl (C=O) groups excluding carboxylic acids is 1. The van der Waals surface area contributed by atoms with Gasteiger partial charge in [0.2, 0.25) is 15.9 Å². The highest BCUT2D eigenvalue weighted by Gasteiger charge is 2.33.